The van der Waals surface area contributed by atoms with Gasteiger partial charge in [-0.05, 0) is 57.9 Å². The van der Waals surface area contributed by atoms with E-state index in [0.717, 1.165) is 18.4 Å². The highest BCUT2D eigenvalue weighted by atomic mass is 33.1. The number of esters is 1. The molecule has 0 aromatic carbocycles. The number of aliphatic imine (C=N–C) groups is 1. The summed E-state index contributed by atoms with van der Waals surface area (Å²) < 4.78 is 30.7. The number of likely N-dealkylation sites (N-methyl/N-ethyl adjacent to an activating group) is 1. The molecule has 1 saturated heterocycles. The molecular formula is C43H66N5O16S2+. The van der Waals surface area contributed by atoms with E-state index in [-0.39, 0.29) is 67.5 Å². The number of quaternary nitrogens is 1. The van der Waals surface area contributed by atoms with Crippen LogP contribution < -0.4 is 21.3 Å². The van der Waals surface area contributed by atoms with Gasteiger partial charge in [0.25, 0.3) is 0 Å². The van der Waals surface area contributed by atoms with Crippen molar-refractivity contribution in [3.8, 4) is 0 Å². The molecule has 4 heterocycles. The zero-order chi connectivity index (χ0) is 47.5. The highest BCUT2D eigenvalue weighted by Crippen LogP contribution is 2.43. The lowest BCUT2D eigenvalue weighted by Gasteiger charge is -2.48. The van der Waals surface area contributed by atoms with Crippen molar-refractivity contribution in [1.82, 2.24) is 10.6 Å². The summed E-state index contributed by atoms with van der Waals surface area (Å²) in [6, 6.07) is -0.460. The SMILES string of the molecule is CNC(CO)OC1C(OC2OC=C3C(=O)OC4CCC(CO)C4CSSCC(CO)[NH+]4C=C(C(=O)O)C(NC(N)=NCCCO)=C(C=CC3C2C=C2CCCC2)C4)OC(CO)C(O)C1(O)O. The molecule has 3 fully saturated rings. The summed E-state index contributed by atoms with van der Waals surface area (Å²) >= 11 is 0. The van der Waals surface area contributed by atoms with E-state index in [1.165, 1.54) is 41.1 Å². The molecule has 4 aliphatic heterocycles. The van der Waals surface area contributed by atoms with Crippen molar-refractivity contribution in [1.29, 1.82) is 0 Å². The Labute approximate surface area is 390 Å². The number of hydrogen-bond donors (Lipinski definition) is 13. The number of carbonyl (C=O) groups is 2. The molecule has 0 aromatic heterocycles. The number of nitrogens with one attached hydrogen (secondary N) is 3. The second kappa shape index (κ2) is 24.4. The summed E-state index contributed by atoms with van der Waals surface area (Å²) in [5.41, 5.74) is 7.76. The number of allylic oxidation sites excluding steroid dienone is 2. The average Bonchev–Trinajstić information content (AvgIpc) is 3.97. The highest BCUT2D eigenvalue weighted by molar-refractivity contribution is 8.76. The molecule has 370 valence electrons. The molecule has 2 saturated carbocycles. The number of aliphatic carboxylic acids is 1. The summed E-state index contributed by atoms with van der Waals surface area (Å²) in [4.78, 5) is 32.6. The number of aliphatic hydroxyl groups excluding tert-OH is 6. The number of guanidine groups is 1. The molecule has 23 heteroatoms. The van der Waals surface area contributed by atoms with Gasteiger partial charge >= 0.3 is 11.9 Å². The molecule has 2 bridgehead atoms. The van der Waals surface area contributed by atoms with Gasteiger partial charge in [-0.15, -0.1) is 0 Å². The van der Waals surface area contributed by atoms with Crippen molar-refractivity contribution in [3.05, 3.63) is 58.7 Å². The van der Waals surface area contributed by atoms with Crippen LogP contribution in [0.1, 0.15) is 44.9 Å². The zero-order valence-electron chi connectivity index (χ0n) is 36.9. The molecule has 0 aromatic rings. The van der Waals surface area contributed by atoms with Crippen molar-refractivity contribution < 1.29 is 84.1 Å². The van der Waals surface area contributed by atoms with Crippen molar-refractivity contribution in [3.63, 3.8) is 0 Å². The van der Waals surface area contributed by atoms with Crippen LogP contribution in [0.25, 0.3) is 0 Å². The zero-order valence-corrected chi connectivity index (χ0v) is 38.5. The molecule has 13 unspecified atom stereocenters. The molecule has 13 atom stereocenters. The predicted molar refractivity (Wildman–Crippen MR) is 239 cm³/mol. The van der Waals surface area contributed by atoms with Crippen LogP contribution >= 0.6 is 21.6 Å². The number of carboxylic acid groups (broad SMARTS) is 1. The van der Waals surface area contributed by atoms with Gasteiger partial charge in [-0.2, -0.15) is 0 Å². The number of fused-ring (bicyclic) bond motifs is 4. The minimum atomic E-state index is -3.08. The molecule has 14 N–H and O–H groups in total. The lowest BCUT2D eigenvalue weighted by molar-refractivity contribution is -0.867. The Morgan fingerprint density at radius 3 is 2.52 bits per heavy atom. The van der Waals surface area contributed by atoms with E-state index in [9.17, 15) is 55.5 Å². The Morgan fingerprint density at radius 1 is 1.09 bits per heavy atom. The predicted octanol–water partition coefficient (Wildman–Crippen LogP) is -2.69. The minimum Gasteiger partial charge on any atom is -0.477 e. The fraction of sp³-hybridized carbons (Fsp3) is 0.698. The molecule has 0 spiro atoms. The van der Waals surface area contributed by atoms with Crippen LogP contribution in [0.15, 0.2) is 63.7 Å². The highest BCUT2D eigenvalue weighted by Gasteiger charge is 2.58. The van der Waals surface area contributed by atoms with Gasteiger partial charge in [0, 0.05) is 42.9 Å². The largest absolute Gasteiger partial charge is 0.477 e. The third kappa shape index (κ3) is 12.4. The first kappa shape index (κ1) is 52.3. The van der Waals surface area contributed by atoms with Gasteiger partial charge in [0.2, 0.25) is 12.1 Å². The maximum atomic E-state index is 14.6. The number of hydrogen-bond acceptors (Lipinski definition) is 19. The lowest BCUT2D eigenvalue weighted by Crippen LogP contribution is -3.13. The minimum absolute atomic E-state index is 0.0731. The summed E-state index contributed by atoms with van der Waals surface area (Å²) in [6.45, 7) is -1.69. The standard InChI is InChI=1S/C43H65N5O16S2/c1-45-34(19-53)63-37-41(62-33(18-52)36(54)43(37,58)59)64-40-28(13-23-5-2-3-6-23)27-9-7-24-14-48(15-29(38(55)56)35(24)47-42(44)46-11-4-12-49)26(17-51)21-65-66-22-31-25(16-50)8-10-32(31)61-39(57)30(27)20-60-40/h7,9,13,15,20,25-28,31-34,36-37,40-41,45,49-54,58-59H,2-6,8,10-12,14,16-19,21-22H2,1H3,(H,55,56)(H3,44,46,47)/p+1. The van der Waals surface area contributed by atoms with E-state index in [4.69, 9.17) is 29.4 Å². The second-order valence-corrected chi connectivity index (χ2v) is 19.8. The fourth-order valence-electron chi connectivity index (χ4n) is 9.19. The number of carbonyl (C=O) groups excluding carboxylic acids is 1. The van der Waals surface area contributed by atoms with E-state index in [1.54, 1.807) is 12.2 Å². The Morgan fingerprint density at radius 2 is 1.85 bits per heavy atom. The van der Waals surface area contributed by atoms with Gasteiger partial charge in [-0.3, -0.25) is 15.2 Å². The van der Waals surface area contributed by atoms with Gasteiger partial charge in [-0.1, -0.05) is 45.4 Å². The van der Waals surface area contributed by atoms with Crippen molar-refractivity contribution in [2.24, 2.45) is 34.4 Å². The first-order valence-electron chi connectivity index (χ1n) is 22.4. The molecule has 0 radical (unpaired) electrons. The first-order chi connectivity index (χ1) is 31.8. The van der Waals surface area contributed by atoms with Crippen molar-refractivity contribution in [2.75, 3.05) is 64.7 Å². The third-order valence-electron chi connectivity index (χ3n) is 13.0. The Balaban J connectivity index is 1.50. The van der Waals surface area contributed by atoms with Gasteiger partial charge in [0.05, 0.1) is 49.0 Å². The number of nitrogens with zero attached hydrogens (tertiary/aromatic N) is 1. The van der Waals surface area contributed by atoms with Crippen LogP contribution in [-0.2, 0) is 33.3 Å². The number of ether oxygens (including phenoxy) is 5. The summed E-state index contributed by atoms with van der Waals surface area (Å²) in [5.74, 6) is -6.42. The smallest absolute Gasteiger partial charge is 0.343 e. The number of nitrogens with two attached hydrogens (primary N) is 1. The normalized spacial score (nSPS) is 34.7. The summed E-state index contributed by atoms with van der Waals surface area (Å²) in [7, 11) is 4.47. The molecule has 6 aliphatic rings. The maximum absolute atomic E-state index is 14.6. The Hall–Kier alpha value is -3.11. The van der Waals surface area contributed by atoms with Crippen molar-refractivity contribution >= 4 is 39.5 Å². The molecule has 66 heavy (non-hydrogen) atoms. The number of rotatable bonds is 15. The molecule has 0 amide bonds. The quantitative estimate of drug-likeness (QED) is 0.0151. The maximum Gasteiger partial charge on any atom is 0.343 e. The van der Waals surface area contributed by atoms with Crippen LogP contribution in [0.2, 0.25) is 0 Å². The van der Waals surface area contributed by atoms with Gasteiger partial charge in [0.1, 0.15) is 48.9 Å². The number of aliphatic hydroxyl groups is 8. The molecule has 2 aliphatic carbocycles. The van der Waals surface area contributed by atoms with Crippen LogP contribution in [0.4, 0.5) is 0 Å². The van der Waals surface area contributed by atoms with Gasteiger partial charge in [-0.25, -0.2) is 9.59 Å². The molecular weight excluding hydrogens is 907 g/mol. The second-order valence-electron chi connectivity index (χ2n) is 17.2. The van der Waals surface area contributed by atoms with Crippen LogP contribution in [-0.4, -0.2) is 184 Å². The van der Waals surface area contributed by atoms with E-state index < -0.39 is 92.0 Å². The van der Waals surface area contributed by atoms with E-state index in [0.29, 0.717) is 54.1 Å². The van der Waals surface area contributed by atoms with E-state index in [2.05, 4.69) is 15.6 Å². The topological polar surface area (TPSA) is 329 Å². The average molecular weight is 973 g/mol. The molecule has 21 nitrogen and oxygen atoms in total. The Kier molecular flexibility index (Phi) is 19.4. The summed E-state index contributed by atoms with van der Waals surface area (Å²) in [6.07, 6.45) is 2.23. The van der Waals surface area contributed by atoms with Gasteiger partial charge < -0.3 is 80.7 Å². The third-order valence-corrected chi connectivity index (χ3v) is 15.5. The first-order valence-corrected chi connectivity index (χ1v) is 24.9. The molecule has 6 rings (SSSR count). The lowest BCUT2D eigenvalue weighted by atomic mass is 9.81. The van der Waals surface area contributed by atoms with E-state index >= 15 is 0 Å². The Bertz CT molecular complexity index is 1850. The monoisotopic (exact) mass is 972 g/mol. The summed E-state index contributed by atoms with van der Waals surface area (Å²) in [5, 5.41) is 100. The van der Waals surface area contributed by atoms with Crippen molar-refractivity contribution in [2.45, 2.75) is 100.0 Å². The van der Waals surface area contributed by atoms with Gasteiger partial charge in [0.15, 0.2) is 18.4 Å². The van der Waals surface area contributed by atoms with E-state index in [1.807, 2.05) is 6.08 Å². The van der Waals surface area contributed by atoms with Crippen LogP contribution in [0.3, 0.4) is 0 Å². The fourth-order valence-corrected chi connectivity index (χ4v) is 12.1. The van der Waals surface area contributed by atoms with Crippen LogP contribution in [0.5, 0.6) is 0 Å². The van der Waals surface area contributed by atoms with Crippen LogP contribution in [0, 0.1) is 23.7 Å². The number of carboxylic acids is 1.